The Morgan fingerprint density at radius 3 is 2.64 bits per heavy atom. The molecule has 4 rings (SSSR count). The highest BCUT2D eigenvalue weighted by atomic mass is 15.3. The Bertz CT molecular complexity index is 913. The zero-order valence-electron chi connectivity index (χ0n) is 17.0. The topological polar surface area (TPSA) is 71.8 Å². The van der Waals surface area contributed by atoms with Crippen molar-refractivity contribution in [3.05, 3.63) is 42.1 Å². The Labute approximate surface area is 166 Å². The van der Waals surface area contributed by atoms with Crippen LogP contribution in [0.15, 0.2) is 30.7 Å². The van der Waals surface area contributed by atoms with Crippen LogP contribution in [0.5, 0.6) is 0 Å². The van der Waals surface area contributed by atoms with E-state index < -0.39 is 0 Å². The van der Waals surface area contributed by atoms with Gasteiger partial charge < -0.3 is 5.32 Å². The number of rotatable bonds is 6. The van der Waals surface area contributed by atoms with Crippen molar-refractivity contribution in [2.45, 2.75) is 45.1 Å². The van der Waals surface area contributed by atoms with Crippen molar-refractivity contribution >= 4 is 16.9 Å². The quantitative estimate of drug-likeness (QED) is 0.706. The lowest BCUT2D eigenvalue weighted by Crippen LogP contribution is -2.37. The van der Waals surface area contributed by atoms with Crippen LogP contribution >= 0.6 is 0 Å². The molecule has 7 heteroatoms. The third-order valence-corrected chi connectivity index (χ3v) is 5.49. The van der Waals surface area contributed by atoms with Crippen molar-refractivity contribution in [2.75, 3.05) is 25.0 Å². The molecule has 1 saturated heterocycles. The summed E-state index contributed by atoms with van der Waals surface area (Å²) in [5.74, 6) is 1.97. The molecule has 4 heterocycles. The number of nitrogens with one attached hydrogen (secondary N) is 1. The summed E-state index contributed by atoms with van der Waals surface area (Å²) in [4.78, 5) is 16.4. The van der Waals surface area contributed by atoms with Crippen molar-refractivity contribution < 1.29 is 0 Å². The molecule has 0 aromatic carbocycles. The van der Waals surface area contributed by atoms with E-state index in [1.165, 1.54) is 24.8 Å². The first-order chi connectivity index (χ1) is 13.6. The lowest BCUT2D eigenvalue weighted by molar-refractivity contribution is 0.170. The van der Waals surface area contributed by atoms with Crippen LogP contribution < -0.4 is 5.32 Å². The summed E-state index contributed by atoms with van der Waals surface area (Å²) < 4.78 is 1.82. The zero-order valence-corrected chi connectivity index (χ0v) is 17.0. The first-order valence-corrected chi connectivity index (χ1v) is 10.2. The van der Waals surface area contributed by atoms with Gasteiger partial charge in [-0.1, -0.05) is 26.3 Å². The predicted octanol–water partition coefficient (Wildman–Crippen LogP) is 3.52. The number of likely N-dealkylation sites (tertiary alicyclic amines) is 1. The molecule has 7 nitrogen and oxygen atoms in total. The number of piperidine rings is 1. The van der Waals surface area contributed by atoms with Gasteiger partial charge >= 0.3 is 0 Å². The highest BCUT2D eigenvalue weighted by molar-refractivity contribution is 5.86. The van der Waals surface area contributed by atoms with Crippen LogP contribution in [0.3, 0.4) is 0 Å². The minimum absolute atomic E-state index is 0.260. The number of fused-ring (bicyclic) bond motifs is 1. The second kappa shape index (κ2) is 8.22. The van der Waals surface area contributed by atoms with Crippen molar-refractivity contribution in [2.24, 2.45) is 7.05 Å². The summed E-state index contributed by atoms with van der Waals surface area (Å²) in [6, 6.07) is 4.47. The van der Waals surface area contributed by atoms with Crippen LogP contribution in [0, 0.1) is 0 Å². The fraction of sp³-hybridized carbons (Fsp3) is 0.524. The van der Waals surface area contributed by atoms with E-state index in [1.54, 1.807) is 0 Å². The number of anilines is 1. The molecule has 1 atom stereocenters. The second-order valence-electron chi connectivity index (χ2n) is 7.87. The van der Waals surface area contributed by atoms with E-state index in [4.69, 9.17) is 9.97 Å². The van der Waals surface area contributed by atoms with Gasteiger partial charge in [-0.25, -0.2) is 9.97 Å². The molecule has 1 fully saturated rings. The Hall–Kier alpha value is -2.54. The summed E-state index contributed by atoms with van der Waals surface area (Å²) in [6.45, 7) is 7.28. The van der Waals surface area contributed by atoms with Gasteiger partial charge in [0.1, 0.15) is 11.6 Å². The smallest absolute Gasteiger partial charge is 0.163 e. The van der Waals surface area contributed by atoms with Crippen molar-refractivity contribution in [1.82, 2.24) is 29.6 Å². The first kappa shape index (κ1) is 18.8. The van der Waals surface area contributed by atoms with E-state index in [1.807, 2.05) is 36.4 Å². The van der Waals surface area contributed by atoms with E-state index in [0.717, 1.165) is 42.3 Å². The summed E-state index contributed by atoms with van der Waals surface area (Å²) in [5.41, 5.74) is 2.12. The van der Waals surface area contributed by atoms with E-state index in [0.29, 0.717) is 0 Å². The standard InChI is InChI=1S/C21H29N7/c1-15(2)19-25-20(17-13-24-27(3)21(17)26-19)23-14-18(16-8-7-9-22-12-16)28-10-5-4-6-11-28/h7-9,12-13,15,18H,4-6,10-11,14H2,1-3H3,(H,23,25,26)/t18-/m0/s1. The number of aromatic nitrogens is 5. The molecule has 0 amide bonds. The predicted molar refractivity (Wildman–Crippen MR) is 111 cm³/mol. The Morgan fingerprint density at radius 1 is 1.11 bits per heavy atom. The molecule has 0 aliphatic carbocycles. The van der Waals surface area contributed by atoms with E-state index in [-0.39, 0.29) is 12.0 Å². The lowest BCUT2D eigenvalue weighted by atomic mass is 10.0. The van der Waals surface area contributed by atoms with Crippen LogP contribution in [0.4, 0.5) is 5.82 Å². The van der Waals surface area contributed by atoms with Gasteiger partial charge in [-0.3, -0.25) is 14.6 Å². The summed E-state index contributed by atoms with van der Waals surface area (Å²) >= 11 is 0. The maximum Gasteiger partial charge on any atom is 0.163 e. The van der Waals surface area contributed by atoms with Crippen molar-refractivity contribution in [3.63, 3.8) is 0 Å². The van der Waals surface area contributed by atoms with Crippen LogP contribution in [0.1, 0.15) is 56.5 Å². The molecule has 28 heavy (non-hydrogen) atoms. The number of hydrogen-bond acceptors (Lipinski definition) is 6. The highest BCUT2D eigenvalue weighted by Gasteiger charge is 2.23. The average molecular weight is 380 g/mol. The van der Waals surface area contributed by atoms with Crippen molar-refractivity contribution in [1.29, 1.82) is 0 Å². The highest BCUT2D eigenvalue weighted by Crippen LogP contribution is 2.27. The van der Waals surface area contributed by atoms with Gasteiger partial charge in [0, 0.05) is 31.9 Å². The second-order valence-corrected chi connectivity index (χ2v) is 7.87. The number of aryl methyl sites for hydroxylation is 1. The van der Waals surface area contributed by atoms with Gasteiger partial charge in [0.2, 0.25) is 0 Å². The maximum atomic E-state index is 4.81. The Balaban J connectivity index is 1.63. The molecule has 0 bridgehead atoms. The molecule has 1 aliphatic heterocycles. The number of hydrogen-bond donors (Lipinski definition) is 1. The minimum atomic E-state index is 0.260. The van der Waals surface area contributed by atoms with Gasteiger partial charge in [-0.05, 0) is 37.6 Å². The van der Waals surface area contributed by atoms with Gasteiger partial charge in [-0.2, -0.15) is 5.10 Å². The average Bonchev–Trinajstić information content (AvgIpc) is 3.11. The van der Waals surface area contributed by atoms with Gasteiger partial charge in [0.15, 0.2) is 5.65 Å². The summed E-state index contributed by atoms with van der Waals surface area (Å²) in [5, 5.41) is 8.97. The van der Waals surface area contributed by atoms with Crippen molar-refractivity contribution in [3.8, 4) is 0 Å². The SMILES string of the molecule is CC(C)c1nc(NC[C@@H](c2cccnc2)N2CCCCC2)c2cnn(C)c2n1. The van der Waals surface area contributed by atoms with Crippen LogP contribution in [-0.2, 0) is 7.05 Å². The zero-order chi connectivity index (χ0) is 19.5. The maximum absolute atomic E-state index is 4.81. The van der Waals surface area contributed by atoms with Crippen LogP contribution in [0.25, 0.3) is 11.0 Å². The number of nitrogens with zero attached hydrogens (tertiary/aromatic N) is 6. The van der Waals surface area contributed by atoms with Crippen LogP contribution in [-0.4, -0.2) is 49.3 Å². The molecule has 0 saturated carbocycles. The summed E-state index contributed by atoms with van der Waals surface area (Å²) in [7, 11) is 1.93. The molecule has 0 radical (unpaired) electrons. The Kier molecular flexibility index (Phi) is 5.52. The van der Waals surface area contributed by atoms with E-state index in [9.17, 15) is 0 Å². The van der Waals surface area contributed by atoms with E-state index >= 15 is 0 Å². The van der Waals surface area contributed by atoms with Crippen LogP contribution in [0.2, 0.25) is 0 Å². The number of pyridine rings is 1. The lowest BCUT2D eigenvalue weighted by Gasteiger charge is -2.35. The first-order valence-electron chi connectivity index (χ1n) is 10.2. The molecule has 1 aliphatic rings. The molecular formula is C21H29N7. The molecule has 0 spiro atoms. The molecular weight excluding hydrogens is 350 g/mol. The largest absolute Gasteiger partial charge is 0.367 e. The van der Waals surface area contributed by atoms with E-state index in [2.05, 4.69) is 40.2 Å². The molecule has 148 valence electrons. The minimum Gasteiger partial charge on any atom is -0.367 e. The Morgan fingerprint density at radius 2 is 1.93 bits per heavy atom. The molecule has 3 aromatic rings. The molecule has 3 aromatic heterocycles. The monoisotopic (exact) mass is 379 g/mol. The van der Waals surface area contributed by atoms with Gasteiger partial charge in [0.05, 0.1) is 17.6 Å². The normalized spacial score (nSPS) is 16.6. The molecule has 1 N–H and O–H groups in total. The third kappa shape index (κ3) is 3.85. The third-order valence-electron chi connectivity index (χ3n) is 5.49. The summed E-state index contributed by atoms with van der Waals surface area (Å²) in [6.07, 6.45) is 9.51. The molecule has 0 unspecified atom stereocenters. The fourth-order valence-corrected chi connectivity index (χ4v) is 3.89. The van der Waals surface area contributed by atoms with Gasteiger partial charge in [-0.15, -0.1) is 0 Å². The fourth-order valence-electron chi connectivity index (χ4n) is 3.89. The van der Waals surface area contributed by atoms with Gasteiger partial charge in [0.25, 0.3) is 0 Å².